The molecule has 2 heteroatoms. The maximum absolute atomic E-state index is 12.1. The average Bonchev–Trinajstić information content (AvgIpc) is 2.29. The summed E-state index contributed by atoms with van der Waals surface area (Å²) in [5, 5.41) is 0.697. The lowest BCUT2D eigenvalue weighted by Gasteiger charge is -2.09. The molecule has 1 rings (SSSR count). The Balaban J connectivity index is 2.99. The number of rotatable bonds is 5. The number of carbonyl (C=O) groups excluding carboxylic acids is 1. The molecule has 0 aliphatic heterocycles. The van der Waals surface area contributed by atoms with Crippen LogP contribution in [0.3, 0.4) is 0 Å². The fourth-order valence-corrected chi connectivity index (χ4v) is 1.93. The number of hydrogen-bond acceptors (Lipinski definition) is 1. The second-order valence-electron chi connectivity index (χ2n) is 4.41. The quantitative estimate of drug-likeness (QED) is 0.680. The highest BCUT2D eigenvalue weighted by Gasteiger charge is 2.12. The number of hydrogen-bond donors (Lipinski definition) is 0. The predicted octanol–water partition coefficient (Wildman–Crippen LogP) is 4.89. The Labute approximate surface area is 108 Å². The molecule has 0 bridgehead atoms. The molecule has 0 N–H and O–H groups in total. The lowest BCUT2D eigenvalue weighted by atomic mass is 9.95. The molecule has 1 aromatic carbocycles. The Hall–Kier alpha value is -1.08. The van der Waals surface area contributed by atoms with E-state index in [2.05, 4.69) is 6.92 Å². The minimum absolute atomic E-state index is 0.231. The summed E-state index contributed by atoms with van der Waals surface area (Å²) in [5.41, 5.74) is 2.87. The number of carbonyl (C=O) groups is 1. The van der Waals surface area contributed by atoms with Crippen LogP contribution < -0.4 is 0 Å². The van der Waals surface area contributed by atoms with E-state index in [1.165, 1.54) is 0 Å². The van der Waals surface area contributed by atoms with Crippen LogP contribution in [0.5, 0.6) is 0 Å². The number of halogens is 1. The third-order valence-corrected chi connectivity index (χ3v) is 2.92. The summed E-state index contributed by atoms with van der Waals surface area (Å²) in [6.07, 6.45) is 2.62. The fraction of sp³-hybridized carbons (Fsp3) is 0.400. The Morgan fingerprint density at radius 2 is 1.76 bits per heavy atom. The molecule has 17 heavy (non-hydrogen) atoms. The summed E-state index contributed by atoms with van der Waals surface area (Å²) in [7, 11) is 0. The Kier molecular flexibility index (Phi) is 5.43. The van der Waals surface area contributed by atoms with Crippen molar-refractivity contribution in [2.24, 2.45) is 0 Å². The van der Waals surface area contributed by atoms with E-state index in [0.29, 0.717) is 11.4 Å². The molecule has 0 amide bonds. The van der Waals surface area contributed by atoms with E-state index >= 15 is 0 Å². The van der Waals surface area contributed by atoms with Gasteiger partial charge < -0.3 is 0 Å². The van der Waals surface area contributed by atoms with Gasteiger partial charge in [0.1, 0.15) is 0 Å². The second kappa shape index (κ2) is 6.61. The van der Waals surface area contributed by atoms with Gasteiger partial charge in [-0.25, -0.2) is 0 Å². The molecular formula is C15H19ClO. The number of allylic oxidation sites excluding steroid dienone is 2. The van der Waals surface area contributed by atoms with Gasteiger partial charge in [0.15, 0.2) is 5.78 Å². The van der Waals surface area contributed by atoms with E-state index in [4.69, 9.17) is 11.6 Å². The molecule has 0 atom stereocenters. The van der Waals surface area contributed by atoms with E-state index in [1.54, 1.807) is 0 Å². The summed E-state index contributed by atoms with van der Waals surface area (Å²) >= 11 is 5.86. The first-order chi connectivity index (χ1) is 8.06. The molecule has 0 unspecified atom stereocenters. The van der Waals surface area contributed by atoms with Crippen molar-refractivity contribution in [2.45, 2.75) is 40.0 Å². The first-order valence-corrected chi connectivity index (χ1v) is 6.40. The number of ketones is 1. The van der Waals surface area contributed by atoms with Crippen LogP contribution in [-0.4, -0.2) is 5.78 Å². The highest BCUT2D eigenvalue weighted by molar-refractivity contribution is 6.30. The molecule has 0 saturated heterocycles. The number of benzene rings is 1. The molecule has 0 aromatic heterocycles. The van der Waals surface area contributed by atoms with Crippen LogP contribution >= 0.6 is 11.6 Å². The van der Waals surface area contributed by atoms with Gasteiger partial charge in [0.05, 0.1) is 0 Å². The number of unbranched alkanes of at least 4 members (excludes halogenated alkanes) is 1. The van der Waals surface area contributed by atoms with Crippen molar-refractivity contribution in [1.29, 1.82) is 0 Å². The van der Waals surface area contributed by atoms with E-state index in [-0.39, 0.29) is 5.78 Å². The Morgan fingerprint density at radius 3 is 2.24 bits per heavy atom. The minimum atomic E-state index is 0.231. The molecule has 1 aromatic rings. The average molecular weight is 251 g/mol. The smallest absolute Gasteiger partial charge is 0.163 e. The van der Waals surface area contributed by atoms with Crippen LogP contribution in [-0.2, 0) is 4.79 Å². The Bertz CT molecular complexity index is 411. The standard InChI is InChI=1S/C15H19ClO/c1-4-5-6-14(17)15(11(2)3)12-7-9-13(16)10-8-12/h7-10H,4-6H2,1-3H3. The highest BCUT2D eigenvalue weighted by atomic mass is 35.5. The van der Waals surface area contributed by atoms with Crippen molar-refractivity contribution < 1.29 is 4.79 Å². The van der Waals surface area contributed by atoms with Crippen molar-refractivity contribution in [3.05, 3.63) is 40.4 Å². The van der Waals surface area contributed by atoms with Gasteiger partial charge in [0.25, 0.3) is 0 Å². The molecule has 0 aliphatic carbocycles. The zero-order valence-electron chi connectivity index (χ0n) is 10.7. The van der Waals surface area contributed by atoms with E-state index < -0.39 is 0 Å². The molecule has 0 aliphatic rings. The zero-order valence-corrected chi connectivity index (χ0v) is 11.5. The highest BCUT2D eigenvalue weighted by Crippen LogP contribution is 2.23. The van der Waals surface area contributed by atoms with Crippen LogP contribution in [0.25, 0.3) is 5.57 Å². The summed E-state index contributed by atoms with van der Waals surface area (Å²) in [6.45, 7) is 6.05. The van der Waals surface area contributed by atoms with Crippen molar-refractivity contribution >= 4 is 23.0 Å². The first kappa shape index (κ1) is 14.0. The van der Waals surface area contributed by atoms with Crippen molar-refractivity contribution in [1.82, 2.24) is 0 Å². The first-order valence-electron chi connectivity index (χ1n) is 6.03. The van der Waals surface area contributed by atoms with Gasteiger partial charge in [-0.05, 0) is 38.0 Å². The van der Waals surface area contributed by atoms with Gasteiger partial charge in [0, 0.05) is 17.0 Å². The SMILES string of the molecule is CCCCC(=O)C(=C(C)C)c1ccc(Cl)cc1. The summed E-state index contributed by atoms with van der Waals surface area (Å²) in [4.78, 5) is 12.1. The summed E-state index contributed by atoms with van der Waals surface area (Å²) in [5.74, 6) is 0.231. The zero-order chi connectivity index (χ0) is 12.8. The summed E-state index contributed by atoms with van der Waals surface area (Å²) < 4.78 is 0. The predicted molar refractivity (Wildman–Crippen MR) is 74.3 cm³/mol. The number of Topliss-reactive ketones (excluding diaryl/α,β-unsaturated/α-hetero) is 1. The largest absolute Gasteiger partial charge is 0.294 e. The van der Waals surface area contributed by atoms with Crippen LogP contribution in [0.4, 0.5) is 0 Å². The molecule has 0 spiro atoms. The third-order valence-electron chi connectivity index (χ3n) is 2.67. The van der Waals surface area contributed by atoms with Crippen molar-refractivity contribution in [2.75, 3.05) is 0 Å². The van der Waals surface area contributed by atoms with E-state index in [1.807, 2.05) is 38.1 Å². The lowest BCUT2D eigenvalue weighted by Crippen LogP contribution is -2.03. The van der Waals surface area contributed by atoms with Crippen LogP contribution in [0, 0.1) is 0 Å². The molecule has 0 heterocycles. The third kappa shape index (κ3) is 4.01. The van der Waals surface area contributed by atoms with Gasteiger partial charge in [-0.1, -0.05) is 42.7 Å². The minimum Gasteiger partial charge on any atom is -0.294 e. The van der Waals surface area contributed by atoms with Crippen LogP contribution in [0.15, 0.2) is 29.8 Å². The van der Waals surface area contributed by atoms with Crippen molar-refractivity contribution in [3.8, 4) is 0 Å². The van der Waals surface area contributed by atoms with Gasteiger partial charge in [0.2, 0.25) is 0 Å². The molecule has 1 nitrogen and oxygen atoms in total. The molecule has 0 saturated carbocycles. The topological polar surface area (TPSA) is 17.1 Å². The van der Waals surface area contributed by atoms with Gasteiger partial charge >= 0.3 is 0 Å². The maximum Gasteiger partial charge on any atom is 0.163 e. The maximum atomic E-state index is 12.1. The summed E-state index contributed by atoms with van der Waals surface area (Å²) in [6, 6.07) is 7.48. The van der Waals surface area contributed by atoms with Gasteiger partial charge in [-0.3, -0.25) is 4.79 Å². The lowest BCUT2D eigenvalue weighted by molar-refractivity contribution is -0.113. The molecule has 0 fully saturated rings. The monoisotopic (exact) mass is 250 g/mol. The van der Waals surface area contributed by atoms with E-state index in [9.17, 15) is 4.79 Å². The Morgan fingerprint density at radius 1 is 1.18 bits per heavy atom. The molecule has 92 valence electrons. The van der Waals surface area contributed by atoms with Gasteiger partial charge in [-0.2, -0.15) is 0 Å². The van der Waals surface area contributed by atoms with Crippen LogP contribution in [0.2, 0.25) is 5.02 Å². The van der Waals surface area contributed by atoms with Crippen LogP contribution in [0.1, 0.15) is 45.6 Å². The van der Waals surface area contributed by atoms with Gasteiger partial charge in [-0.15, -0.1) is 0 Å². The normalized spacial score (nSPS) is 10.1. The van der Waals surface area contributed by atoms with E-state index in [0.717, 1.165) is 29.6 Å². The van der Waals surface area contributed by atoms with Crippen molar-refractivity contribution in [3.63, 3.8) is 0 Å². The molecular weight excluding hydrogens is 232 g/mol. The second-order valence-corrected chi connectivity index (χ2v) is 4.85. The molecule has 0 radical (unpaired) electrons. The fourth-order valence-electron chi connectivity index (χ4n) is 1.81.